The van der Waals surface area contributed by atoms with Gasteiger partial charge in [-0.05, 0) is 37.0 Å². The first-order valence-electron chi connectivity index (χ1n) is 6.21. The third-order valence-electron chi connectivity index (χ3n) is 2.87. The van der Waals surface area contributed by atoms with Crippen LogP contribution >= 0.6 is 0 Å². The fourth-order valence-corrected chi connectivity index (χ4v) is 1.84. The van der Waals surface area contributed by atoms with E-state index >= 15 is 0 Å². The van der Waals surface area contributed by atoms with E-state index < -0.39 is 0 Å². The summed E-state index contributed by atoms with van der Waals surface area (Å²) in [5.41, 5.74) is 6.96. The lowest BCUT2D eigenvalue weighted by atomic mass is 9.96. The molecule has 0 saturated heterocycles. The number of aryl methyl sites for hydroxylation is 1. The first-order chi connectivity index (χ1) is 8.43. The van der Waals surface area contributed by atoms with E-state index in [0.717, 1.165) is 12.0 Å². The molecule has 1 aromatic rings. The topological polar surface area (TPSA) is 55.1 Å². The Morgan fingerprint density at radius 2 is 2.11 bits per heavy atom. The maximum Gasteiger partial charge on any atom is 0.228 e. The molecule has 0 spiro atoms. The molecule has 0 aliphatic rings. The minimum Gasteiger partial charge on any atom is -0.330 e. The van der Waals surface area contributed by atoms with E-state index in [1.807, 2.05) is 20.8 Å². The maximum absolute atomic E-state index is 13.1. The molecule has 3 N–H and O–H groups in total. The summed E-state index contributed by atoms with van der Waals surface area (Å²) in [6, 6.07) is 4.35. The molecular weight excluding hydrogens is 231 g/mol. The maximum atomic E-state index is 13.1. The summed E-state index contributed by atoms with van der Waals surface area (Å²) in [7, 11) is 0. The molecule has 0 bridgehead atoms. The average molecular weight is 252 g/mol. The molecular formula is C14H21FN2O. The Kier molecular flexibility index (Phi) is 5.28. The molecule has 0 fully saturated rings. The molecule has 3 nitrogen and oxygen atoms in total. The minimum absolute atomic E-state index is 0.139. The summed E-state index contributed by atoms with van der Waals surface area (Å²) < 4.78 is 13.1. The van der Waals surface area contributed by atoms with Crippen LogP contribution in [-0.2, 0) is 4.79 Å². The van der Waals surface area contributed by atoms with Gasteiger partial charge in [0, 0.05) is 12.2 Å². The van der Waals surface area contributed by atoms with E-state index in [1.165, 1.54) is 12.1 Å². The molecule has 1 atom stereocenters. The van der Waals surface area contributed by atoms with Gasteiger partial charge in [-0.2, -0.15) is 0 Å². The fourth-order valence-electron chi connectivity index (χ4n) is 1.84. The number of carbonyl (C=O) groups is 1. The zero-order chi connectivity index (χ0) is 13.7. The van der Waals surface area contributed by atoms with Crippen molar-refractivity contribution in [2.24, 2.45) is 17.6 Å². The summed E-state index contributed by atoms with van der Waals surface area (Å²) in [5, 5.41) is 2.75. The molecule has 0 radical (unpaired) electrons. The van der Waals surface area contributed by atoms with E-state index in [1.54, 1.807) is 6.07 Å². The van der Waals surface area contributed by atoms with Crippen molar-refractivity contribution in [2.45, 2.75) is 27.2 Å². The molecule has 4 heteroatoms. The van der Waals surface area contributed by atoms with Crippen molar-refractivity contribution < 1.29 is 9.18 Å². The molecule has 0 aromatic heterocycles. The Labute approximate surface area is 108 Å². The van der Waals surface area contributed by atoms with Gasteiger partial charge in [0.1, 0.15) is 5.82 Å². The molecule has 1 aromatic carbocycles. The molecule has 0 aliphatic carbocycles. The summed E-state index contributed by atoms with van der Waals surface area (Å²) in [4.78, 5) is 12.0. The normalized spacial score (nSPS) is 12.6. The SMILES string of the molecule is Cc1ccc(F)cc1NC(=O)C(CN)CC(C)C. The number of hydrogen-bond donors (Lipinski definition) is 2. The number of benzene rings is 1. The molecule has 1 rings (SSSR count). The van der Waals surface area contributed by atoms with Crippen molar-refractivity contribution in [3.05, 3.63) is 29.6 Å². The van der Waals surface area contributed by atoms with Crippen LogP contribution in [0.15, 0.2) is 18.2 Å². The first-order valence-corrected chi connectivity index (χ1v) is 6.21. The van der Waals surface area contributed by atoms with Crippen molar-refractivity contribution in [1.29, 1.82) is 0 Å². The fraction of sp³-hybridized carbons (Fsp3) is 0.500. The van der Waals surface area contributed by atoms with Crippen molar-refractivity contribution in [3.8, 4) is 0 Å². The smallest absolute Gasteiger partial charge is 0.228 e. The van der Waals surface area contributed by atoms with Gasteiger partial charge in [0.05, 0.1) is 5.92 Å². The quantitative estimate of drug-likeness (QED) is 0.846. The largest absolute Gasteiger partial charge is 0.330 e. The zero-order valence-electron chi connectivity index (χ0n) is 11.2. The highest BCUT2D eigenvalue weighted by Crippen LogP contribution is 2.18. The predicted molar refractivity (Wildman–Crippen MR) is 71.8 cm³/mol. The number of halogens is 1. The lowest BCUT2D eigenvalue weighted by Gasteiger charge is -2.17. The van der Waals surface area contributed by atoms with E-state index in [4.69, 9.17) is 5.73 Å². The Balaban J connectivity index is 2.76. The number of nitrogens with one attached hydrogen (secondary N) is 1. The number of rotatable bonds is 5. The monoisotopic (exact) mass is 252 g/mol. The van der Waals surface area contributed by atoms with Gasteiger partial charge in [0.15, 0.2) is 0 Å². The van der Waals surface area contributed by atoms with E-state index in [9.17, 15) is 9.18 Å². The molecule has 0 aliphatic heterocycles. The number of hydrogen-bond acceptors (Lipinski definition) is 2. The zero-order valence-corrected chi connectivity index (χ0v) is 11.2. The Morgan fingerprint density at radius 1 is 1.44 bits per heavy atom. The minimum atomic E-state index is -0.357. The van der Waals surface area contributed by atoms with Gasteiger partial charge in [-0.3, -0.25) is 4.79 Å². The van der Waals surface area contributed by atoms with Gasteiger partial charge in [-0.15, -0.1) is 0 Å². The van der Waals surface area contributed by atoms with Crippen molar-refractivity contribution in [3.63, 3.8) is 0 Å². The van der Waals surface area contributed by atoms with Crippen LogP contribution in [0.3, 0.4) is 0 Å². The number of anilines is 1. The summed E-state index contributed by atoms with van der Waals surface area (Å²) in [6.07, 6.45) is 0.733. The molecule has 1 unspecified atom stereocenters. The molecule has 100 valence electrons. The highest BCUT2D eigenvalue weighted by molar-refractivity contribution is 5.93. The third kappa shape index (κ3) is 4.11. The number of amides is 1. The van der Waals surface area contributed by atoms with Crippen LogP contribution in [-0.4, -0.2) is 12.5 Å². The molecule has 1 amide bonds. The number of carbonyl (C=O) groups excluding carboxylic acids is 1. The van der Waals surface area contributed by atoms with E-state index in [0.29, 0.717) is 18.2 Å². The second-order valence-electron chi connectivity index (χ2n) is 5.01. The van der Waals surface area contributed by atoms with Gasteiger partial charge in [-0.25, -0.2) is 4.39 Å². The second kappa shape index (κ2) is 6.50. The summed E-state index contributed by atoms with van der Waals surface area (Å²) in [5.74, 6) is -0.325. The van der Waals surface area contributed by atoms with E-state index in [2.05, 4.69) is 5.32 Å². The van der Waals surface area contributed by atoms with Crippen molar-refractivity contribution >= 4 is 11.6 Å². The molecule has 0 saturated carbocycles. The first kappa shape index (κ1) is 14.6. The van der Waals surface area contributed by atoms with Gasteiger partial charge >= 0.3 is 0 Å². The van der Waals surface area contributed by atoms with Crippen LogP contribution in [0.25, 0.3) is 0 Å². The standard InChI is InChI=1S/C14H21FN2O/c1-9(2)6-11(8-16)14(18)17-13-7-12(15)5-4-10(13)3/h4-5,7,9,11H,6,8,16H2,1-3H3,(H,17,18). The van der Waals surface area contributed by atoms with Gasteiger partial charge in [0.25, 0.3) is 0 Å². The second-order valence-corrected chi connectivity index (χ2v) is 5.01. The summed E-state index contributed by atoms with van der Waals surface area (Å²) >= 11 is 0. The van der Waals surface area contributed by atoms with E-state index in [-0.39, 0.29) is 17.6 Å². The highest BCUT2D eigenvalue weighted by Gasteiger charge is 2.18. The lowest BCUT2D eigenvalue weighted by Crippen LogP contribution is -2.30. The predicted octanol–water partition coefficient (Wildman–Crippen LogP) is 2.69. The third-order valence-corrected chi connectivity index (χ3v) is 2.87. The van der Waals surface area contributed by atoms with Crippen LogP contribution in [0.5, 0.6) is 0 Å². The Hall–Kier alpha value is -1.42. The van der Waals surface area contributed by atoms with Crippen LogP contribution < -0.4 is 11.1 Å². The van der Waals surface area contributed by atoms with Gasteiger partial charge in [-0.1, -0.05) is 19.9 Å². The number of nitrogens with two attached hydrogens (primary N) is 1. The Bertz CT molecular complexity index is 418. The average Bonchev–Trinajstić information content (AvgIpc) is 2.30. The van der Waals surface area contributed by atoms with Crippen LogP contribution in [0.1, 0.15) is 25.8 Å². The van der Waals surface area contributed by atoms with Crippen LogP contribution in [0, 0.1) is 24.6 Å². The van der Waals surface area contributed by atoms with Crippen molar-refractivity contribution in [1.82, 2.24) is 0 Å². The van der Waals surface area contributed by atoms with Crippen LogP contribution in [0.2, 0.25) is 0 Å². The highest BCUT2D eigenvalue weighted by atomic mass is 19.1. The molecule has 18 heavy (non-hydrogen) atoms. The van der Waals surface area contributed by atoms with Gasteiger partial charge < -0.3 is 11.1 Å². The van der Waals surface area contributed by atoms with Crippen LogP contribution in [0.4, 0.5) is 10.1 Å². The van der Waals surface area contributed by atoms with Gasteiger partial charge in [0.2, 0.25) is 5.91 Å². The van der Waals surface area contributed by atoms with Crippen molar-refractivity contribution in [2.75, 3.05) is 11.9 Å². The molecule has 0 heterocycles. The lowest BCUT2D eigenvalue weighted by molar-refractivity contribution is -0.120. The summed E-state index contributed by atoms with van der Waals surface area (Å²) in [6.45, 7) is 6.22. The Morgan fingerprint density at radius 3 is 2.67 bits per heavy atom.